The molecule has 0 aliphatic carbocycles. The summed E-state index contributed by atoms with van der Waals surface area (Å²) in [5.41, 5.74) is 6.70. The highest BCUT2D eigenvalue weighted by molar-refractivity contribution is 5.33. The number of aliphatic hydroxyl groups is 2. The molecular weight excluding hydrogens is 262 g/mol. The predicted octanol–water partition coefficient (Wildman–Crippen LogP) is 0.0419. The number of rotatable bonds is 11. The lowest BCUT2D eigenvalue weighted by Crippen LogP contribution is -2.14. The molecule has 0 aliphatic heterocycles. The molecule has 1 rings (SSSR count). The summed E-state index contributed by atoms with van der Waals surface area (Å²) in [6, 6.07) is 5.21. The molecule has 0 saturated heterocycles. The average Bonchev–Trinajstić information content (AvgIpc) is 2.49. The van der Waals surface area contributed by atoms with E-state index >= 15 is 0 Å². The maximum absolute atomic E-state index is 9.11. The topological polar surface area (TPSA) is 94.2 Å². The second kappa shape index (κ2) is 10.6. The monoisotopic (exact) mass is 285 g/mol. The Kier molecular flexibility index (Phi) is 8.93. The zero-order chi connectivity index (χ0) is 14.6. The van der Waals surface area contributed by atoms with Crippen molar-refractivity contribution in [1.29, 1.82) is 0 Å². The Balaban J connectivity index is 2.21. The molecule has 0 aliphatic rings. The first-order valence-electron chi connectivity index (χ1n) is 6.63. The maximum Gasteiger partial charge on any atom is 0.120 e. The second-order valence-electron chi connectivity index (χ2n) is 4.16. The first-order valence-corrected chi connectivity index (χ1v) is 6.63. The quantitative estimate of drug-likeness (QED) is 0.497. The molecule has 0 fully saturated rings. The fourth-order valence-electron chi connectivity index (χ4n) is 1.62. The van der Waals surface area contributed by atoms with E-state index in [1.54, 1.807) is 18.2 Å². The molecule has 0 saturated carbocycles. The molecule has 0 amide bonds. The summed E-state index contributed by atoms with van der Waals surface area (Å²) in [6.07, 6.45) is 0. The van der Waals surface area contributed by atoms with Gasteiger partial charge >= 0.3 is 0 Å². The van der Waals surface area contributed by atoms with Gasteiger partial charge in [0.2, 0.25) is 0 Å². The van der Waals surface area contributed by atoms with Gasteiger partial charge in [-0.3, -0.25) is 0 Å². The normalized spacial score (nSPS) is 10.8. The number of hydrogen-bond donors (Lipinski definition) is 3. The van der Waals surface area contributed by atoms with Crippen molar-refractivity contribution in [2.24, 2.45) is 5.73 Å². The van der Waals surface area contributed by atoms with Crippen LogP contribution in [0, 0.1) is 0 Å². The van der Waals surface area contributed by atoms with Crippen LogP contribution in [0.25, 0.3) is 0 Å². The molecular formula is C14H23NO5. The van der Waals surface area contributed by atoms with Crippen LogP contribution in [0.3, 0.4) is 0 Å². The Bertz CT molecular complexity index is 350. The van der Waals surface area contributed by atoms with Gasteiger partial charge in [-0.15, -0.1) is 0 Å². The van der Waals surface area contributed by atoms with Crippen LogP contribution in [0.4, 0.5) is 0 Å². The minimum Gasteiger partial charge on any atom is -0.491 e. The van der Waals surface area contributed by atoms with Crippen LogP contribution in [-0.2, 0) is 22.7 Å². The summed E-state index contributed by atoms with van der Waals surface area (Å²) in [6.45, 7) is 2.75. The van der Waals surface area contributed by atoms with E-state index in [2.05, 4.69) is 0 Å². The first-order chi connectivity index (χ1) is 9.80. The van der Waals surface area contributed by atoms with Gasteiger partial charge in [-0.05, 0) is 23.3 Å². The molecule has 0 spiro atoms. The zero-order valence-electron chi connectivity index (χ0n) is 11.6. The van der Waals surface area contributed by atoms with Crippen molar-refractivity contribution >= 4 is 0 Å². The van der Waals surface area contributed by atoms with Crippen LogP contribution in [-0.4, -0.2) is 49.8 Å². The molecule has 1 aromatic carbocycles. The van der Waals surface area contributed by atoms with Gasteiger partial charge in [-0.2, -0.15) is 0 Å². The molecule has 20 heavy (non-hydrogen) atoms. The fourth-order valence-corrected chi connectivity index (χ4v) is 1.62. The van der Waals surface area contributed by atoms with Crippen molar-refractivity contribution in [3.63, 3.8) is 0 Å². The van der Waals surface area contributed by atoms with Crippen LogP contribution in [0.1, 0.15) is 11.1 Å². The molecule has 114 valence electrons. The summed E-state index contributed by atoms with van der Waals surface area (Å²) in [4.78, 5) is 0. The minimum absolute atomic E-state index is 0.0841. The van der Waals surface area contributed by atoms with Crippen molar-refractivity contribution in [3.8, 4) is 5.75 Å². The van der Waals surface area contributed by atoms with Gasteiger partial charge < -0.3 is 30.2 Å². The van der Waals surface area contributed by atoms with Crippen LogP contribution < -0.4 is 10.5 Å². The van der Waals surface area contributed by atoms with Crippen molar-refractivity contribution in [3.05, 3.63) is 29.3 Å². The van der Waals surface area contributed by atoms with E-state index in [1.165, 1.54) is 0 Å². The Morgan fingerprint density at radius 2 is 1.35 bits per heavy atom. The van der Waals surface area contributed by atoms with E-state index in [1.807, 2.05) is 0 Å². The van der Waals surface area contributed by atoms with E-state index in [4.69, 9.17) is 30.2 Å². The van der Waals surface area contributed by atoms with E-state index in [0.29, 0.717) is 56.5 Å². The molecule has 0 aromatic heterocycles. The minimum atomic E-state index is -0.0841. The third-order valence-electron chi connectivity index (χ3n) is 2.52. The predicted molar refractivity (Wildman–Crippen MR) is 74.5 cm³/mol. The van der Waals surface area contributed by atoms with Gasteiger partial charge in [0.05, 0.1) is 39.6 Å². The summed E-state index contributed by atoms with van der Waals surface area (Å²) in [5, 5.41) is 18.2. The number of ether oxygens (including phenoxy) is 3. The summed E-state index contributed by atoms with van der Waals surface area (Å²) >= 11 is 0. The van der Waals surface area contributed by atoms with Gasteiger partial charge in [0.15, 0.2) is 0 Å². The number of benzene rings is 1. The van der Waals surface area contributed by atoms with Gasteiger partial charge in [-0.1, -0.05) is 6.07 Å². The van der Waals surface area contributed by atoms with Gasteiger partial charge in [0.1, 0.15) is 12.4 Å². The third kappa shape index (κ3) is 6.83. The first kappa shape index (κ1) is 16.9. The van der Waals surface area contributed by atoms with E-state index in [-0.39, 0.29) is 13.2 Å². The molecule has 4 N–H and O–H groups in total. The summed E-state index contributed by atoms with van der Waals surface area (Å²) in [5.74, 6) is 0.614. The lowest BCUT2D eigenvalue weighted by molar-refractivity contribution is 0.0387. The van der Waals surface area contributed by atoms with Crippen molar-refractivity contribution < 1.29 is 24.4 Å². The van der Waals surface area contributed by atoms with E-state index in [9.17, 15) is 0 Å². The van der Waals surface area contributed by atoms with E-state index in [0.717, 1.165) is 0 Å². The molecule has 6 heteroatoms. The highest BCUT2D eigenvalue weighted by Crippen LogP contribution is 2.17. The molecule has 0 atom stereocenters. The number of nitrogens with two attached hydrogens (primary N) is 1. The molecule has 1 aromatic rings. The molecule has 0 bridgehead atoms. The average molecular weight is 285 g/mol. The molecule has 0 unspecified atom stereocenters. The molecule has 0 heterocycles. The number of aliphatic hydroxyl groups excluding tert-OH is 2. The van der Waals surface area contributed by atoms with Gasteiger partial charge in [-0.25, -0.2) is 0 Å². The Morgan fingerprint density at radius 1 is 0.800 bits per heavy atom. The van der Waals surface area contributed by atoms with Crippen LogP contribution >= 0.6 is 0 Å². The lowest BCUT2D eigenvalue weighted by Gasteiger charge is -2.10. The smallest absolute Gasteiger partial charge is 0.120 e. The van der Waals surface area contributed by atoms with Crippen molar-refractivity contribution in [2.45, 2.75) is 13.2 Å². The maximum atomic E-state index is 9.11. The Labute approximate surface area is 119 Å². The van der Waals surface area contributed by atoms with Crippen LogP contribution in [0.15, 0.2) is 18.2 Å². The fraction of sp³-hybridized carbons (Fsp3) is 0.571. The van der Waals surface area contributed by atoms with Crippen LogP contribution in [0.5, 0.6) is 5.75 Å². The van der Waals surface area contributed by atoms with Crippen LogP contribution in [0.2, 0.25) is 0 Å². The molecule has 6 nitrogen and oxygen atoms in total. The van der Waals surface area contributed by atoms with Gasteiger partial charge in [0.25, 0.3) is 0 Å². The summed E-state index contributed by atoms with van der Waals surface area (Å²) < 4.78 is 16.0. The third-order valence-corrected chi connectivity index (χ3v) is 2.52. The number of hydrogen-bond acceptors (Lipinski definition) is 6. The van der Waals surface area contributed by atoms with Gasteiger partial charge in [0, 0.05) is 6.54 Å². The highest BCUT2D eigenvalue weighted by Gasteiger charge is 2.01. The SMILES string of the molecule is NCCOCCOCCOc1cc(CO)cc(CO)c1. The Morgan fingerprint density at radius 3 is 1.90 bits per heavy atom. The standard InChI is InChI=1S/C14H23NO5/c15-1-2-18-3-4-19-5-6-20-14-8-12(10-16)7-13(9-14)11-17/h7-9,16-17H,1-6,10-11,15H2. The summed E-state index contributed by atoms with van der Waals surface area (Å²) in [7, 11) is 0. The van der Waals surface area contributed by atoms with Crippen molar-refractivity contribution in [1.82, 2.24) is 0 Å². The highest BCUT2D eigenvalue weighted by atomic mass is 16.5. The van der Waals surface area contributed by atoms with Crippen molar-refractivity contribution in [2.75, 3.05) is 39.6 Å². The lowest BCUT2D eigenvalue weighted by atomic mass is 10.1. The van der Waals surface area contributed by atoms with E-state index < -0.39 is 0 Å². The molecule has 0 radical (unpaired) electrons. The largest absolute Gasteiger partial charge is 0.491 e. The Hall–Kier alpha value is -1.18. The second-order valence-corrected chi connectivity index (χ2v) is 4.16. The zero-order valence-corrected chi connectivity index (χ0v) is 11.6.